The molecule has 0 bridgehead atoms. The van der Waals surface area contributed by atoms with E-state index < -0.39 is 0 Å². The fraction of sp³-hybridized carbons (Fsp3) is 0.0952. The van der Waals surface area contributed by atoms with Crippen molar-refractivity contribution in [1.29, 1.82) is 0 Å². The molecule has 1 aliphatic carbocycles. The van der Waals surface area contributed by atoms with Crippen molar-refractivity contribution in [3.8, 4) is 11.1 Å². The monoisotopic (exact) mass is 300 g/mol. The van der Waals surface area contributed by atoms with Gasteiger partial charge in [-0.1, -0.05) is 60.7 Å². The Kier molecular flexibility index (Phi) is 3.43. The van der Waals surface area contributed by atoms with Crippen LogP contribution in [0.3, 0.4) is 0 Å². The summed E-state index contributed by atoms with van der Waals surface area (Å²) in [6.07, 6.45) is 0.907. The fourth-order valence-corrected chi connectivity index (χ4v) is 3.16. The molecule has 0 aromatic heterocycles. The van der Waals surface area contributed by atoms with Gasteiger partial charge in [0.2, 0.25) is 0 Å². The van der Waals surface area contributed by atoms with E-state index in [2.05, 4.69) is 30.3 Å². The van der Waals surface area contributed by atoms with E-state index in [0.717, 1.165) is 12.0 Å². The fourth-order valence-electron chi connectivity index (χ4n) is 3.16. The molecule has 4 rings (SSSR count). The van der Waals surface area contributed by atoms with Gasteiger partial charge in [0.1, 0.15) is 6.61 Å². The lowest BCUT2D eigenvalue weighted by Crippen LogP contribution is -2.06. The second kappa shape index (κ2) is 5.73. The van der Waals surface area contributed by atoms with Crippen molar-refractivity contribution in [2.45, 2.75) is 13.0 Å². The van der Waals surface area contributed by atoms with Gasteiger partial charge in [-0.25, -0.2) is 4.79 Å². The van der Waals surface area contributed by atoms with Gasteiger partial charge in [-0.3, -0.25) is 0 Å². The minimum absolute atomic E-state index is 0.279. The van der Waals surface area contributed by atoms with Crippen molar-refractivity contribution in [3.05, 3.63) is 95.1 Å². The number of ether oxygens (including phenoxy) is 1. The summed E-state index contributed by atoms with van der Waals surface area (Å²) in [7, 11) is 0. The second-order valence-corrected chi connectivity index (χ2v) is 5.72. The van der Waals surface area contributed by atoms with E-state index in [1.807, 2.05) is 30.3 Å². The Balaban J connectivity index is 1.57. The predicted molar refractivity (Wildman–Crippen MR) is 90.2 cm³/mol. The SMILES string of the molecule is O=C(OCc1cccc2c1Cc1ccccc1-2)c1ccccc1. The molecule has 112 valence electrons. The number of esters is 1. The Morgan fingerprint density at radius 1 is 0.826 bits per heavy atom. The smallest absolute Gasteiger partial charge is 0.338 e. The molecule has 23 heavy (non-hydrogen) atoms. The van der Waals surface area contributed by atoms with E-state index in [4.69, 9.17) is 4.74 Å². The highest BCUT2D eigenvalue weighted by atomic mass is 16.5. The van der Waals surface area contributed by atoms with Crippen LogP contribution in [0.15, 0.2) is 72.8 Å². The Morgan fingerprint density at radius 3 is 2.43 bits per heavy atom. The molecule has 0 radical (unpaired) electrons. The summed E-state index contributed by atoms with van der Waals surface area (Å²) in [4.78, 5) is 12.1. The highest BCUT2D eigenvalue weighted by Crippen LogP contribution is 2.38. The molecule has 0 atom stereocenters. The number of rotatable bonds is 3. The zero-order chi connectivity index (χ0) is 15.6. The minimum atomic E-state index is -0.279. The van der Waals surface area contributed by atoms with Gasteiger partial charge in [-0.15, -0.1) is 0 Å². The molecule has 0 aliphatic heterocycles. The zero-order valence-electron chi connectivity index (χ0n) is 12.7. The molecule has 0 saturated heterocycles. The minimum Gasteiger partial charge on any atom is -0.457 e. The number of hydrogen-bond acceptors (Lipinski definition) is 2. The third kappa shape index (κ3) is 2.53. The summed E-state index contributed by atoms with van der Waals surface area (Å²) >= 11 is 0. The average molecular weight is 300 g/mol. The average Bonchev–Trinajstić information content (AvgIpc) is 3.00. The van der Waals surface area contributed by atoms with Crippen LogP contribution in [-0.4, -0.2) is 5.97 Å². The van der Waals surface area contributed by atoms with Crippen LogP contribution in [0.1, 0.15) is 27.0 Å². The summed E-state index contributed by atoms with van der Waals surface area (Å²) in [5, 5.41) is 0. The van der Waals surface area contributed by atoms with E-state index >= 15 is 0 Å². The highest BCUT2D eigenvalue weighted by Gasteiger charge is 2.20. The van der Waals surface area contributed by atoms with Gasteiger partial charge in [0, 0.05) is 0 Å². The van der Waals surface area contributed by atoms with Crippen LogP contribution in [0.25, 0.3) is 11.1 Å². The van der Waals surface area contributed by atoms with Crippen LogP contribution >= 0.6 is 0 Å². The molecule has 0 fully saturated rings. The summed E-state index contributed by atoms with van der Waals surface area (Å²) in [5.74, 6) is -0.279. The number of hydrogen-bond donors (Lipinski definition) is 0. The maximum absolute atomic E-state index is 12.1. The van der Waals surface area contributed by atoms with Crippen LogP contribution in [0.4, 0.5) is 0 Å². The highest BCUT2D eigenvalue weighted by molar-refractivity contribution is 5.89. The molecule has 3 aromatic carbocycles. The van der Waals surface area contributed by atoms with Crippen LogP contribution < -0.4 is 0 Å². The van der Waals surface area contributed by atoms with Crippen LogP contribution in [0.5, 0.6) is 0 Å². The second-order valence-electron chi connectivity index (χ2n) is 5.72. The van der Waals surface area contributed by atoms with Crippen molar-refractivity contribution in [1.82, 2.24) is 0 Å². The lowest BCUT2D eigenvalue weighted by molar-refractivity contribution is 0.0472. The Morgan fingerprint density at radius 2 is 1.57 bits per heavy atom. The maximum atomic E-state index is 12.1. The Hall–Kier alpha value is -2.87. The van der Waals surface area contributed by atoms with E-state index in [9.17, 15) is 4.79 Å². The van der Waals surface area contributed by atoms with Crippen molar-refractivity contribution in [2.75, 3.05) is 0 Å². The maximum Gasteiger partial charge on any atom is 0.338 e. The van der Waals surface area contributed by atoms with Crippen molar-refractivity contribution in [2.24, 2.45) is 0 Å². The summed E-state index contributed by atoms with van der Waals surface area (Å²) in [5.41, 5.74) is 6.83. The molecule has 0 N–H and O–H groups in total. The van der Waals surface area contributed by atoms with Gasteiger partial charge in [-0.2, -0.15) is 0 Å². The zero-order valence-corrected chi connectivity index (χ0v) is 12.7. The van der Waals surface area contributed by atoms with Crippen LogP contribution in [0.2, 0.25) is 0 Å². The number of fused-ring (bicyclic) bond motifs is 3. The molecule has 1 aliphatic rings. The quantitative estimate of drug-likeness (QED) is 0.516. The van der Waals surface area contributed by atoms with Crippen LogP contribution in [-0.2, 0) is 17.8 Å². The number of carbonyl (C=O) groups excluding carboxylic acids is 1. The van der Waals surface area contributed by atoms with Crippen LogP contribution in [0, 0.1) is 0 Å². The van der Waals surface area contributed by atoms with Gasteiger partial charge in [-0.05, 0) is 46.4 Å². The largest absolute Gasteiger partial charge is 0.457 e. The number of carbonyl (C=O) groups is 1. The van der Waals surface area contributed by atoms with E-state index in [1.165, 1.54) is 22.3 Å². The normalized spacial score (nSPS) is 11.7. The summed E-state index contributed by atoms with van der Waals surface area (Å²) in [6.45, 7) is 0.310. The molecule has 0 amide bonds. The lowest BCUT2D eigenvalue weighted by atomic mass is 10.0. The Bertz CT molecular complexity index is 866. The molecule has 2 heteroatoms. The van der Waals surface area contributed by atoms with Crippen molar-refractivity contribution < 1.29 is 9.53 Å². The number of benzene rings is 3. The van der Waals surface area contributed by atoms with Gasteiger partial charge in [0.25, 0.3) is 0 Å². The van der Waals surface area contributed by atoms with Gasteiger partial charge < -0.3 is 4.74 Å². The van der Waals surface area contributed by atoms with Gasteiger partial charge in [0.15, 0.2) is 0 Å². The lowest BCUT2D eigenvalue weighted by Gasteiger charge is -2.09. The first kappa shape index (κ1) is 13.8. The summed E-state index contributed by atoms with van der Waals surface area (Å²) < 4.78 is 5.50. The van der Waals surface area contributed by atoms with E-state index in [-0.39, 0.29) is 5.97 Å². The topological polar surface area (TPSA) is 26.3 Å². The first-order chi connectivity index (χ1) is 11.3. The molecular formula is C21H16O2. The molecule has 0 unspecified atom stereocenters. The third-order valence-electron chi connectivity index (χ3n) is 4.32. The Labute approximate surface area is 135 Å². The standard InChI is InChI=1S/C21H16O2/c22-21(15-7-2-1-3-8-15)23-14-17-10-6-12-19-18-11-5-4-9-16(18)13-20(17)19/h1-12H,13-14H2. The van der Waals surface area contributed by atoms with E-state index in [0.29, 0.717) is 12.2 Å². The summed E-state index contributed by atoms with van der Waals surface area (Å²) in [6, 6.07) is 23.8. The van der Waals surface area contributed by atoms with Crippen molar-refractivity contribution in [3.63, 3.8) is 0 Å². The molecule has 2 nitrogen and oxygen atoms in total. The van der Waals surface area contributed by atoms with Crippen molar-refractivity contribution >= 4 is 5.97 Å². The molecule has 0 heterocycles. The van der Waals surface area contributed by atoms with E-state index in [1.54, 1.807) is 12.1 Å². The molecule has 3 aromatic rings. The molecular weight excluding hydrogens is 284 g/mol. The molecule has 0 spiro atoms. The third-order valence-corrected chi connectivity index (χ3v) is 4.32. The predicted octanol–water partition coefficient (Wildman–Crippen LogP) is 4.61. The van der Waals surface area contributed by atoms with Gasteiger partial charge >= 0.3 is 5.97 Å². The molecule has 0 saturated carbocycles. The first-order valence-corrected chi connectivity index (χ1v) is 7.74. The first-order valence-electron chi connectivity index (χ1n) is 7.74. The van der Waals surface area contributed by atoms with Gasteiger partial charge in [0.05, 0.1) is 5.56 Å².